The first-order valence-electron chi connectivity index (χ1n) is 5.55. The number of aromatic nitrogens is 1. The lowest BCUT2D eigenvalue weighted by Gasteiger charge is -2.06. The molecule has 0 saturated heterocycles. The summed E-state index contributed by atoms with van der Waals surface area (Å²) < 4.78 is 5.08. The number of carbonyl (C=O) groups excluding carboxylic acids is 1. The minimum Gasteiger partial charge on any atom is -0.478 e. The topological polar surface area (TPSA) is 76.5 Å². The van der Waals surface area contributed by atoms with Crippen molar-refractivity contribution < 1.29 is 19.4 Å². The van der Waals surface area contributed by atoms with E-state index < -0.39 is 11.9 Å². The molecule has 0 radical (unpaired) electrons. The molecule has 0 aliphatic rings. The molecule has 5 heteroatoms. The van der Waals surface area contributed by atoms with Gasteiger partial charge < -0.3 is 9.84 Å². The van der Waals surface area contributed by atoms with Gasteiger partial charge in [0.1, 0.15) is 0 Å². The quantitative estimate of drug-likeness (QED) is 0.854. The molecule has 5 nitrogen and oxygen atoms in total. The molecule has 0 aliphatic carbocycles. The Morgan fingerprint density at radius 3 is 2.58 bits per heavy atom. The number of hydrogen-bond acceptors (Lipinski definition) is 4. The second kappa shape index (κ2) is 5.30. The normalized spacial score (nSPS) is 9.95. The standard InChI is InChI=1S/C14H11NO4/c1-9-8-10(13(16)17)5-6-11(9)14(18)19-12-4-2-3-7-15-12/h2-8H,1H3,(H,16,17). The van der Waals surface area contributed by atoms with Gasteiger partial charge in [0.2, 0.25) is 5.88 Å². The number of aromatic carboxylic acids is 1. The first-order chi connectivity index (χ1) is 9.08. The van der Waals surface area contributed by atoms with E-state index in [1.807, 2.05) is 0 Å². The molecule has 1 N–H and O–H groups in total. The number of carbonyl (C=O) groups is 2. The molecular formula is C14H11NO4. The Kier molecular flexibility index (Phi) is 3.56. The second-order valence-corrected chi connectivity index (χ2v) is 3.89. The average molecular weight is 257 g/mol. The van der Waals surface area contributed by atoms with E-state index in [4.69, 9.17) is 9.84 Å². The van der Waals surface area contributed by atoms with E-state index >= 15 is 0 Å². The van der Waals surface area contributed by atoms with E-state index in [1.165, 1.54) is 24.4 Å². The van der Waals surface area contributed by atoms with Crippen LogP contribution in [0.4, 0.5) is 0 Å². The number of ether oxygens (including phenoxy) is 1. The van der Waals surface area contributed by atoms with E-state index in [9.17, 15) is 9.59 Å². The Morgan fingerprint density at radius 2 is 2.00 bits per heavy atom. The van der Waals surface area contributed by atoms with Crippen LogP contribution in [0.3, 0.4) is 0 Å². The van der Waals surface area contributed by atoms with Gasteiger partial charge in [-0.25, -0.2) is 14.6 Å². The van der Waals surface area contributed by atoms with E-state index in [2.05, 4.69) is 4.98 Å². The fraction of sp³-hybridized carbons (Fsp3) is 0.0714. The molecule has 96 valence electrons. The zero-order chi connectivity index (χ0) is 13.8. The maximum absolute atomic E-state index is 11.9. The molecule has 0 spiro atoms. The van der Waals surface area contributed by atoms with E-state index in [1.54, 1.807) is 25.1 Å². The van der Waals surface area contributed by atoms with Crippen LogP contribution in [0.25, 0.3) is 0 Å². The first kappa shape index (κ1) is 12.8. The third-order valence-corrected chi connectivity index (χ3v) is 2.53. The number of benzene rings is 1. The zero-order valence-corrected chi connectivity index (χ0v) is 10.2. The molecule has 0 fully saturated rings. The van der Waals surface area contributed by atoms with Crippen LogP contribution in [0.5, 0.6) is 5.88 Å². The molecule has 0 bridgehead atoms. The minimum atomic E-state index is -1.03. The van der Waals surface area contributed by atoms with Gasteiger partial charge in [-0.3, -0.25) is 0 Å². The molecule has 1 aromatic carbocycles. The largest absolute Gasteiger partial charge is 0.478 e. The number of pyridine rings is 1. The van der Waals surface area contributed by atoms with Crippen molar-refractivity contribution in [3.05, 3.63) is 59.3 Å². The molecule has 0 atom stereocenters. The summed E-state index contributed by atoms with van der Waals surface area (Å²) in [5.74, 6) is -1.39. The lowest BCUT2D eigenvalue weighted by atomic mass is 10.1. The van der Waals surface area contributed by atoms with Gasteiger partial charge in [-0.05, 0) is 36.8 Å². The van der Waals surface area contributed by atoms with Crippen molar-refractivity contribution in [3.8, 4) is 5.88 Å². The minimum absolute atomic E-state index is 0.131. The Labute approximate surface area is 109 Å². The predicted octanol–water partition coefficient (Wildman–Crippen LogP) is 2.31. The molecule has 0 saturated carbocycles. The van der Waals surface area contributed by atoms with Crippen LogP contribution in [0.1, 0.15) is 26.3 Å². The fourth-order valence-electron chi connectivity index (χ4n) is 1.58. The number of aryl methyl sites for hydroxylation is 1. The molecule has 0 unspecified atom stereocenters. The molecule has 2 aromatic rings. The van der Waals surface area contributed by atoms with Crippen molar-refractivity contribution in [1.82, 2.24) is 4.98 Å². The fourth-order valence-corrected chi connectivity index (χ4v) is 1.58. The summed E-state index contributed by atoms with van der Waals surface area (Å²) in [5.41, 5.74) is 0.989. The summed E-state index contributed by atoms with van der Waals surface area (Å²) in [5, 5.41) is 8.85. The highest BCUT2D eigenvalue weighted by molar-refractivity contribution is 5.95. The molecular weight excluding hydrogens is 246 g/mol. The van der Waals surface area contributed by atoms with Crippen molar-refractivity contribution in [2.24, 2.45) is 0 Å². The smallest absolute Gasteiger partial charge is 0.345 e. The van der Waals surface area contributed by atoms with E-state index in [0.717, 1.165) is 0 Å². The Bertz CT molecular complexity index is 623. The summed E-state index contributed by atoms with van der Waals surface area (Å²) in [4.78, 5) is 26.6. The summed E-state index contributed by atoms with van der Waals surface area (Å²) in [6.45, 7) is 1.65. The summed E-state index contributed by atoms with van der Waals surface area (Å²) in [6, 6.07) is 9.21. The SMILES string of the molecule is Cc1cc(C(=O)O)ccc1C(=O)Oc1ccccn1. The Morgan fingerprint density at radius 1 is 1.21 bits per heavy atom. The first-order valence-corrected chi connectivity index (χ1v) is 5.55. The maximum Gasteiger partial charge on any atom is 0.345 e. The van der Waals surface area contributed by atoms with Crippen LogP contribution < -0.4 is 4.74 Å². The molecule has 2 rings (SSSR count). The van der Waals surface area contributed by atoms with Gasteiger partial charge >= 0.3 is 11.9 Å². The van der Waals surface area contributed by atoms with Crippen LogP contribution in [0.15, 0.2) is 42.6 Å². The zero-order valence-electron chi connectivity index (χ0n) is 10.2. The summed E-state index contributed by atoms with van der Waals surface area (Å²) in [7, 11) is 0. The van der Waals surface area contributed by atoms with Crippen LogP contribution in [0.2, 0.25) is 0 Å². The van der Waals surface area contributed by atoms with Gasteiger partial charge in [0, 0.05) is 12.3 Å². The van der Waals surface area contributed by atoms with Crippen molar-refractivity contribution in [3.63, 3.8) is 0 Å². The molecule has 1 heterocycles. The average Bonchev–Trinajstić information content (AvgIpc) is 2.39. The van der Waals surface area contributed by atoms with Crippen molar-refractivity contribution in [1.29, 1.82) is 0 Å². The monoisotopic (exact) mass is 257 g/mol. The number of carboxylic acid groups (broad SMARTS) is 1. The van der Waals surface area contributed by atoms with Gasteiger partial charge in [-0.1, -0.05) is 6.07 Å². The number of carboxylic acids is 1. The van der Waals surface area contributed by atoms with Crippen LogP contribution in [-0.2, 0) is 0 Å². The van der Waals surface area contributed by atoms with Gasteiger partial charge in [0.05, 0.1) is 11.1 Å². The van der Waals surface area contributed by atoms with Gasteiger partial charge in [0.15, 0.2) is 0 Å². The van der Waals surface area contributed by atoms with Crippen LogP contribution in [-0.4, -0.2) is 22.0 Å². The third kappa shape index (κ3) is 2.95. The van der Waals surface area contributed by atoms with Crippen molar-refractivity contribution in [2.45, 2.75) is 6.92 Å². The number of rotatable bonds is 3. The summed E-state index contributed by atoms with van der Waals surface area (Å²) in [6.07, 6.45) is 1.52. The van der Waals surface area contributed by atoms with Crippen LogP contribution in [0, 0.1) is 6.92 Å². The Balaban J connectivity index is 2.22. The highest BCUT2D eigenvalue weighted by atomic mass is 16.5. The number of esters is 1. The third-order valence-electron chi connectivity index (χ3n) is 2.53. The molecule has 0 amide bonds. The molecule has 19 heavy (non-hydrogen) atoms. The van der Waals surface area contributed by atoms with Gasteiger partial charge in [0.25, 0.3) is 0 Å². The van der Waals surface area contributed by atoms with Crippen molar-refractivity contribution in [2.75, 3.05) is 0 Å². The second-order valence-electron chi connectivity index (χ2n) is 3.89. The number of hydrogen-bond donors (Lipinski definition) is 1. The van der Waals surface area contributed by atoms with Gasteiger partial charge in [-0.2, -0.15) is 0 Å². The van der Waals surface area contributed by atoms with E-state index in [0.29, 0.717) is 11.1 Å². The lowest BCUT2D eigenvalue weighted by molar-refractivity contribution is 0.0690. The number of nitrogens with zero attached hydrogens (tertiary/aromatic N) is 1. The van der Waals surface area contributed by atoms with Crippen LogP contribution >= 0.6 is 0 Å². The highest BCUT2D eigenvalue weighted by Crippen LogP contribution is 2.14. The summed E-state index contributed by atoms with van der Waals surface area (Å²) >= 11 is 0. The predicted molar refractivity (Wildman–Crippen MR) is 67.3 cm³/mol. The lowest BCUT2D eigenvalue weighted by Crippen LogP contribution is -2.11. The molecule has 0 aliphatic heterocycles. The molecule has 1 aromatic heterocycles. The maximum atomic E-state index is 11.9. The van der Waals surface area contributed by atoms with Gasteiger partial charge in [-0.15, -0.1) is 0 Å². The Hall–Kier alpha value is -2.69. The highest BCUT2D eigenvalue weighted by Gasteiger charge is 2.14. The van der Waals surface area contributed by atoms with Crippen molar-refractivity contribution >= 4 is 11.9 Å². The van der Waals surface area contributed by atoms with E-state index in [-0.39, 0.29) is 11.4 Å².